The van der Waals surface area contributed by atoms with E-state index < -0.39 is 24.3 Å². The van der Waals surface area contributed by atoms with Crippen LogP contribution in [0.25, 0.3) is 0 Å². The van der Waals surface area contributed by atoms with Crippen LogP contribution >= 0.6 is 0 Å². The van der Waals surface area contributed by atoms with E-state index in [9.17, 15) is 22.8 Å². The van der Waals surface area contributed by atoms with E-state index in [0.717, 1.165) is 24.2 Å². The van der Waals surface area contributed by atoms with Crippen LogP contribution in [0.1, 0.15) is 25.7 Å². The van der Waals surface area contributed by atoms with E-state index in [-0.39, 0.29) is 49.1 Å². The Morgan fingerprint density at radius 2 is 1.88 bits per heavy atom. The van der Waals surface area contributed by atoms with Gasteiger partial charge in [0.05, 0.1) is 44.1 Å². The number of morpholine rings is 2. The lowest BCUT2D eigenvalue weighted by atomic mass is 10.1. The van der Waals surface area contributed by atoms with Gasteiger partial charge in [-0.05, 0) is 25.7 Å². The summed E-state index contributed by atoms with van der Waals surface area (Å²) in [4.78, 5) is 35.3. The fourth-order valence-corrected chi connectivity index (χ4v) is 6.07. The third-order valence-corrected chi connectivity index (χ3v) is 7.64. The minimum atomic E-state index is -4.55. The van der Waals surface area contributed by atoms with Gasteiger partial charge in [0.15, 0.2) is 0 Å². The largest absolute Gasteiger partial charge is 0.408 e. The Balaban J connectivity index is 1.35. The maximum Gasteiger partial charge on any atom is 0.408 e. The predicted molar refractivity (Wildman–Crippen MR) is 110 cm³/mol. The monoisotopic (exact) mass is 469 g/mol. The molecule has 4 saturated heterocycles. The lowest BCUT2D eigenvalue weighted by molar-refractivity contribution is -0.155. The molecule has 180 valence electrons. The Hall–Kier alpha value is -2.34. The first-order valence-electron chi connectivity index (χ1n) is 11.5. The SMILES string of the molecule is O=C(CN1c2nc(N3CC4C[C@H]3CO4)cc(=O)n2CC[C@H]1C(F)(F)F)N1C2CC[C@H]1COC2. The van der Waals surface area contributed by atoms with Crippen molar-refractivity contribution in [2.45, 2.75) is 68.7 Å². The van der Waals surface area contributed by atoms with Crippen molar-refractivity contribution in [3.63, 3.8) is 0 Å². The number of hydrogen-bond acceptors (Lipinski definition) is 7. The van der Waals surface area contributed by atoms with E-state index in [2.05, 4.69) is 4.98 Å². The fraction of sp³-hybridized carbons (Fsp3) is 0.762. The molecule has 0 aromatic carbocycles. The van der Waals surface area contributed by atoms with Crippen molar-refractivity contribution in [3.8, 4) is 0 Å². The summed E-state index contributed by atoms with van der Waals surface area (Å²) in [5.41, 5.74) is -0.400. The molecule has 2 unspecified atom stereocenters. The third-order valence-electron chi connectivity index (χ3n) is 7.64. The summed E-state index contributed by atoms with van der Waals surface area (Å²) < 4.78 is 54.5. The van der Waals surface area contributed by atoms with Crippen molar-refractivity contribution in [3.05, 3.63) is 16.4 Å². The molecule has 0 aliphatic carbocycles. The molecule has 1 aromatic rings. The first-order chi connectivity index (χ1) is 15.8. The molecule has 0 saturated carbocycles. The van der Waals surface area contributed by atoms with Gasteiger partial charge in [0.25, 0.3) is 5.56 Å². The van der Waals surface area contributed by atoms with Crippen molar-refractivity contribution in [1.82, 2.24) is 14.5 Å². The Morgan fingerprint density at radius 3 is 2.52 bits per heavy atom. The number of carbonyl (C=O) groups excluding carboxylic acids is 1. The molecule has 1 aromatic heterocycles. The standard InChI is InChI=1S/C21H26F3N5O4/c22-21(23,24)16-3-4-26-18(30)6-17(27-7-15-5-14(27)11-33-15)25-20(26)28(16)8-19(31)29-12-1-2-13(29)10-32-9-12/h6,12-16H,1-5,7-11H2/t12-,13?,14-,15?,16-/m0/s1. The van der Waals surface area contributed by atoms with Crippen molar-refractivity contribution in [1.29, 1.82) is 0 Å². The second kappa shape index (κ2) is 7.59. The second-order valence-corrected chi connectivity index (χ2v) is 9.60. The van der Waals surface area contributed by atoms with Crippen LogP contribution < -0.4 is 15.4 Å². The Bertz CT molecular complexity index is 1000. The summed E-state index contributed by atoms with van der Waals surface area (Å²) in [6.07, 6.45) is -2.41. The summed E-state index contributed by atoms with van der Waals surface area (Å²) in [5, 5.41) is 0. The molecule has 4 fully saturated rings. The quantitative estimate of drug-likeness (QED) is 0.647. The molecule has 12 heteroatoms. The molecule has 5 aliphatic heterocycles. The van der Waals surface area contributed by atoms with Crippen LogP contribution in [0.2, 0.25) is 0 Å². The van der Waals surface area contributed by atoms with Crippen molar-refractivity contribution in [2.24, 2.45) is 0 Å². The van der Waals surface area contributed by atoms with Crippen molar-refractivity contribution < 1.29 is 27.4 Å². The summed E-state index contributed by atoms with van der Waals surface area (Å²) in [7, 11) is 0. The van der Waals surface area contributed by atoms with Crippen LogP contribution in [0.5, 0.6) is 0 Å². The van der Waals surface area contributed by atoms with Gasteiger partial charge < -0.3 is 24.2 Å². The number of fused-ring (bicyclic) bond motifs is 5. The smallest absolute Gasteiger partial charge is 0.377 e. The molecular weight excluding hydrogens is 443 g/mol. The van der Waals surface area contributed by atoms with Gasteiger partial charge in [0.1, 0.15) is 18.4 Å². The highest BCUT2D eigenvalue weighted by Crippen LogP contribution is 2.37. The zero-order valence-corrected chi connectivity index (χ0v) is 18.0. The summed E-state index contributed by atoms with van der Waals surface area (Å²) in [6.45, 7) is 1.32. The first-order valence-corrected chi connectivity index (χ1v) is 11.5. The van der Waals surface area contributed by atoms with Crippen LogP contribution in [0.3, 0.4) is 0 Å². The molecule has 6 rings (SSSR count). The van der Waals surface area contributed by atoms with Crippen LogP contribution in [-0.2, 0) is 20.8 Å². The van der Waals surface area contributed by atoms with Crippen LogP contribution in [0, 0.1) is 0 Å². The number of alkyl halides is 3. The minimum absolute atomic E-state index is 0.0491. The average molecular weight is 469 g/mol. The number of ether oxygens (including phenoxy) is 2. The predicted octanol–water partition coefficient (Wildman–Crippen LogP) is 0.752. The Morgan fingerprint density at radius 1 is 1.12 bits per heavy atom. The zero-order chi connectivity index (χ0) is 22.9. The molecule has 0 N–H and O–H groups in total. The molecular formula is C21H26F3N5O4. The fourth-order valence-electron chi connectivity index (χ4n) is 6.07. The number of anilines is 2. The molecule has 5 atom stereocenters. The number of rotatable bonds is 3. The number of amides is 1. The summed E-state index contributed by atoms with van der Waals surface area (Å²) >= 11 is 0. The average Bonchev–Trinajstić information content (AvgIpc) is 3.46. The highest BCUT2D eigenvalue weighted by atomic mass is 19.4. The molecule has 33 heavy (non-hydrogen) atoms. The van der Waals surface area contributed by atoms with Gasteiger partial charge in [-0.3, -0.25) is 14.2 Å². The van der Waals surface area contributed by atoms with Gasteiger partial charge in [0.2, 0.25) is 11.9 Å². The van der Waals surface area contributed by atoms with Gasteiger partial charge >= 0.3 is 6.18 Å². The summed E-state index contributed by atoms with van der Waals surface area (Å²) in [6, 6.07) is -0.633. The number of hydrogen-bond donors (Lipinski definition) is 0. The van der Waals surface area contributed by atoms with E-state index in [4.69, 9.17) is 9.47 Å². The number of aromatic nitrogens is 2. The highest BCUT2D eigenvalue weighted by Gasteiger charge is 2.49. The number of halogens is 3. The normalized spacial score (nSPS) is 33.1. The third kappa shape index (κ3) is 3.49. The highest BCUT2D eigenvalue weighted by molar-refractivity contribution is 5.82. The molecule has 4 bridgehead atoms. The molecule has 0 spiro atoms. The summed E-state index contributed by atoms with van der Waals surface area (Å²) in [5.74, 6) is -0.0979. The van der Waals surface area contributed by atoms with E-state index in [1.807, 2.05) is 4.90 Å². The number of nitrogens with zero attached hydrogens (tertiary/aromatic N) is 5. The van der Waals surface area contributed by atoms with Crippen LogP contribution in [0.15, 0.2) is 10.9 Å². The van der Waals surface area contributed by atoms with Crippen LogP contribution in [0.4, 0.5) is 24.9 Å². The van der Waals surface area contributed by atoms with E-state index in [1.165, 1.54) is 10.6 Å². The van der Waals surface area contributed by atoms with E-state index >= 15 is 0 Å². The van der Waals surface area contributed by atoms with E-state index in [1.54, 1.807) is 4.90 Å². The maximum absolute atomic E-state index is 14.0. The van der Waals surface area contributed by atoms with Crippen molar-refractivity contribution >= 4 is 17.7 Å². The minimum Gasteiger partial charge on any atom is -0.377 e. The Kier molecular flexibility index (Phi) is 4.88. The van der Waals surface area contributed by atoms with E-state index in [0.29, 0.717) is 32.2 Å². The van der Waals surface area contributed by atoms with Crippen molar-refractivity contribution in [2.75, 3.05) is 42.7 Å². The maximum atomic E-state index is 14.0. The molecule has 1 amide bonds. The van der Waals surface area contributed by atoms with Gasteiger partial charge in [-0.25, -0.2) is 0 Å². The zero-order valence-electron chi connectivity index (χ0n) is 18.0. The second-order valence-electron chi connectivity index (χ2n) is 9.60. The molecule has 0 radical (unpaired) electrons. The lowest BCUT2D eigenvalue weighted by Crippen LogP contribution is -2.58. The topological polar surface area (TPSA) is 80.1 Å². The van der Waals surface area contributed by atoms with Crippen LogP contribution in [-0.4, -0.2) is 89.7 Å². The molecule has 5 aliphatic rings. The first kappa shape index (κ1) is 21.2. The lowest BCUT2D eigenvalue weighted by Gasteiger charge is -2.41. The van der Waals surface area contributed by atoms with Gasteiger partial charge in [0, 0.05) is 19.2 Å². The molecule has 9 nitrogen and oxygen atoms in total. The van der Waals surface area contributed by atoms with Gasteiger partial charge in [-0.1, -0.05) is 0 Å². The Labute approximate surface area is 188 Å². The number of carbonyl (C=O) groups is 1. The van der Waals surface area contributed by atoms with Gasteiger partial charge in [-0.2, -0.15) is 18.2 Å². The van der Waals surface area contributed by atoms with Gasteiger partial charge in [-0.15, -0.1) is 0 Å². The molecule has 6 heterocycles.